The van der Waals surface area contributed by atoms with Gasteiger partial charge < -0.3 is 0 Å². The highest BCUT2D eigenvalue weighted by Gasteiger charge is 2.23. The minimum absolute atomic E-state index is 0.867. The van der Waals surface area contributed by atoms with Crippen molar-refractivity contribution in [2.75, 3.05) is 0 Å². The van der Waals surface area contributed by atoms with Gasteiger partial charge in [-0.15, -0.1) is 0 Å². The Morgan fingerprint density at radius 2 is 0.450 bits per heavy atom. The van der Waals surface area contributed by atoms with Crippen LogP contribution in [-0.2, 0) is 51.4 Å². The van der Waals surface area contributed by atoms with Crippen LogP contribution in [0.25, 0.3) is 0 Å². The van der Waals surface area contributed by atoms with Crippen molar-refractivity contribution < 1.29 is 0 Å². The molecule has 8 rings (SSSR count). The molecule has 6 aromatic carbocycles. The van der Waals surface area contributed by atoms with E-state index in [1.54, 1.807) is 0 Å². The summed E-state index contributed by atoms with van der Waals surface area (Å²) in [4.78, 5) is 0. The van der Waals surface area contributed by atoms with Gasteiger partial charge in [-0.1, -0.05) is 171 Å². The van der Waals surface area contributed by atoms with Gasteiger partial charge in [0.05, 0.1) is 0 Å². The zero-order valence-electron chi connectivity index (χ0n) is 37.5. The molecular weight excluding hydrogens is 721 g/mol. The van der Waals surface area contributed by atoms with E-state index in [9.17, 15) is 0 Å². The van der Waals surface area contributed by atoms with Crippen LogP contribution in [0.1, 0.15) is 132 Å². The summed E-state index contributed by atoms with van der Waals surface area (Å²) in [5, 5.41) is 0. The molecule has 0 aromatic heterocycles. The first kappa shape index (κ1) is 43.4. The Balaban J connectivity index is 0.000000181. The first-order chi connectivity index (χ1) is 29.3. The molecule has 0 N–H and O–H groups in total. The summed E-state index contributed by atoms with van der Waals surface area (Å²) in [7, 11) is 0. The molecule has 0 bridgehead atoms. The summed E-state index contributed by atoms with van der Waals surface area (Å²) in [5.74, 6) is 3.49. The lowest BCUT2D eigenvalue weighted by Gasteiger charge is -2.28. The van der Waals surface area contributed by atoms with E-state index in [1.807, 2.05) is 0 Å². The van der Waals surface area contributed by atoms with Crippen molar-refractivity contribution in [3.8, 4) is 0 Å². The van der Waals surface area contributed by atoms with Crippen molar-refractivity contribution >= 4 is 0 Å². The molecule has 0 radical (unpaired) electrons. The van der Waals surface area contributed by atoms with Crippen LogP contribution in [0.4, 0.5) is 0 Å². The van der Waals surface area contributed by atoms with Gasteiger partial charge in [0.2, 0.25) is 0 Å². The van der Waals surface area contributed by atoms with Gasteiger partial charge in [0, 0.05) is 0 Å². The van der Waals surface area contributed by atoms with Crippen molar-refractivity contribution in [2.24, 2.45) is 23.7 Å². The third-order valence-corrected chi connectivity index (χ3v) is 14.0. The Morgan fingerprint density at radius 1 is 0.267 bits per heavy atom. The summed E-state index contributed by atoms with van der Waals surface area (Å²) in [6, 6.07) is 55.3. The van der Waals surface area contributed by atoms with Crippen LogP contribution in [0.5, 0.6) is 0 Å². The highest BCUT2D eigenvalue weighted by Crippen LogP contribution is 2.34. The van der Waals surface area contributed by atoms with Gasteiger partial charge in [-0.3, -0.25) is 0 Å². The lowest BCUT2D eigenvalue weighted by molar-refractivity contribution is 0.272. The van der Waals surface area contributed by atoms with E-state index < -0.39 is 0 Å². The van der Waals surface area contributed by atoms with Crippen LogP contribution < -0.4 is 0 Å². The van der Waals surface area contributed by atoms with E-state index in [-0.39, 0.29) is 0 Å². The third-order valence-electron chi connectivity index (χ3n) is 14.0. The van der Waals surface area contributed by atoms with Crippen molar-refractivity contribution in [2.45, 2.75) is 130 Å². The molecule has 0 aliphatic heterocycles. The number of rotatable bonds is 14. The standard InChI is InChI=1S/2C30H36/c2*1-3-24-8-10-26(11-9-24)21-28-16-18-30(19-17-28)22-29-14-12-27(13-15-29)20-25-6-4-23(2)5-7-25/h4-11,16-19,27,29H,3,12-15,20-22H2,1-2H3;4-15,28,30H,3,16-22H2,1-2H3. The fourth-order valence-electron chi connectivity index (χ4n) is 9.90. The Kier molecular flexibility index (Phi) is 16.1. The van der Waals surface area contributed by atoms with Crippen LogP contribution in [-0.4, -0.2) is 0 Å². The monoisotopic (exact) mass is 793 g/mol. The molecule has 6 aromatic rings. The van der Waals surface area contributed by atoms with Gasteiger partial charge in [-0.05, 0) is 196 Å². The van der Waals surface area contributed by atoms with Gasteiger partial charge in [-0.2, -0.15) is 0 Å². The maximum Gasteiger partial charge on any atom is -0.00258 e. The van der Waals surface area contributed by atoms with Gasteiger partial charge in [0.25, 0.3) is 0 Å². The van der Waals surface area contributed by atoms with E-state index in [0.717, 1.165) is 49.4 Å². The lowest BCUT2D eigenvalue weighted by Crippen LogP contribution is -2.18. The molecule has 0 amide bonds. The van der Waals surface area contributed by atoms with Gasteiger partial charge >= 0.3 is 0 Å². The zero-order chi connectivity index (χ0) is 41.5. The summed E-state index contributed by atoms with van der Waals surface area (Å²) in [6.45, 7) is 8.76. The fraction of sp³-hybridized carbons (Fsp3) is 0.400. The van der Waals surface area contributed by atoms with Crippen molar-refractivity contribution in [1.29, 1.82) is 0 Å². The Bertz CT molecular complexity index is 2100. The molecule has 0 spiro atoms. The number of aryl methyl sites for hydroxylation is 4. The lowest BCUT2D eigenvalue weighted by atomic mass is 9.77. The highest BCUT2D eigenvalue weighted by atomic mass is 14.3. The number of hydrogen-bond acceptors (Lipinski definition) is 0. The third kappa shape index (κ3) is 13.7. The second-order valence-electron chi connectivity index (χ2n) is 18.9. The van der Waals surface area contributed by atoms with E-state index in [1.165, 1.54) is 144 Å². The van der Waals surface area contributed by atoms with Crippen LogP contribution in [0.3, 0.4) is 0 Å². The van der Waals surface area contributed by atoms with E-state index >= 15 is 0 Å². The highest BCUT2D eigenvalue weighted by molar-refractivity contribution is 5.32. The summed E-state index contributed by atoms with van der Waals surface area (Å²) < 4.78 is 0. The average molecular weight is 793 g/mol. The molecule has 0 atom stereocenters. The largest absolute Gasteiger partial charge is 0.0613 e. The molecule has 0 heterocycles. The molecule has 0 heteroatoms. The molecule has 2 aliphatic rings. The molecule has 2 aliphatic carbocycles. The average Bonchev–Trinajstić information content (AvgIpc) is 3.29. The normalized spacial score (nSPS) is 19.0. The summed E-state index contributed by atoms with van der Waals surface area (Å²) in [5.41, 5.74) is 17.3. The topological polar surface area (TPSA) is 0 Å². The number of hydrogen-bond donors (Lipinski definition) is 0. The first-order valence-corrected chi connectivity index (χ1v) is 23.8. The van der Waals surface area contributed by atoms with E-state index in [2.05, 4.69) is 173 Å². The molecule has 0 saturated heterocycles. The smallest absolute Gasteiger partial charge is 0.00258 e. The molecule has 60 heavy (non-hydrogen) atoms. The Morgan fingerprint density at radius 3 is 0.683 bits per heavy atom. The quantitative estimate of drug-likeness (QED) is 0.103. The molecule has 312 valence electrons. The van der Waals surface area contributed by atoms with Crippen LogP contribution in [0.2, 0.25) is 0 Å². The zero-order valence-corrected chi connectivity index (χ0v) is 37.5. The van der Waals surface area contributed by atoms with Crippen LogP contribution in [0, 0.1) is 37.5 Å². The maximum atomic E-state index is 2.37. The SMILES string of the molecule is CCc1ccc(CC2CCC(Cc3ccc(Cc4ccc(C)cc4)cc3)CC2)cc1.CCc1ccc(Cc2ccc(CC3CCC(Cc4ccc(C)cc4)CC3)cc2)cc1. The van der Waals surface area contributed by atoms with Gasteiger partial charge in [0.1, 0.15) is 0 Å². The fourth-order valence-corrected chi connectivity index (χ4v) is 9.90. The summed E-state index contributed by atoms with van der Waals surface area (Å²) >= 11 is 0. The first-order valence-electron chi connectivity index (χ1n) is 23.8. The Hall–Kier alpha value is -4.68. The van der Waals surface area contributed by atoms with Crippen LogP contribution in [0.15, 0.2) is 146 Å². The van der Waals surface area contributed by atoms with Crippen molar-refractivity contribution in [3.63, 3.8) is 0 Å². The van der Waals surface area contributed by atoms with Gasteiger partial charge in [-0.25, -0.2) is 0 Å². The minimum Gasteiger partial charge on any atom is -0.0613 e. The van der Waals surface area contributed by atoms with Crippen molar-refractivity contribution in [1.82, 2.24) is 0 Å². The maximum absolute atomic E-state index is 2.37. The van der Waals surface area contributed by atoms with E-state index in [0.29, 0.717) is 0 Å². The predicted molar refractivity (Wildman–Crippen MR) is 258 cm³/mol. The number of benzene rings is 6. The second kappa shape index (κ2) is 22.2. The molecule has 0 unspecified atom stereocenters. The predicted octanol–water partition coefficient (Wildman–Crippen LogP) is 15.5. The molecular formula is C60H72. The van der Waals surface area contributed by atoms with Crippen molar-refractivity contribution in [3.05, 3.63) is 212 Å². The molecule has 2 fully saturated rings. The van der Waals surface area contributed by atoms with E-state index in [4.69, 9.17) is 0 Å². The second-order valence-corrected chi connectivity index (χ2v) is 18.9. The van der Waals surface area contributed by atoms with Crippen LogP contribution >= 0.6 is 0 Å². The molecule has 2 saturated carbocycles. The Labute approximate surface area is 364 Å². The van der Waals surface area contributed by atoms with Gasteiger partial charge in [0.15, 0.2) is 0 Å². The minimum atomic E-state index is 0.867. The summed E-state index contributed by atoms with van der Waals surface area (Å²) in [6.07, 6.45) is 20.5. The molecule has 0 nitrogen and oxygen atoms in total.